The van der Waals surface area contributed by atoms with Gasteiger partial charge < -0.3 is 5.73 Å². The topological polar surface area (TPSA) is 43.1 Å². The molecule has 0 aliphatic carbocycles. The molecule has 1 aromatic rings. The van der Waals surface area contributed by atoms with Crippen LogP contribution in [0.4, 0.5) is 4.39 Å². The van der Waals surface area contributed by atoms with Crippen LogP contribution in [0.3, 0.4) is 0 Å². The van der Waals surface area contributed by atoms with Crippen molar-refractivity contribution in [3.8, 4) is 0 Å². The van der Waals surface area contributed by atoms with Crippen molar-refractivity contribution >= 4 is 17.4 Å². The molecule has 0 heterocycles. The minimum atomic E-state index is -0.495. The minimum Gasteiger partial charge on any atom is -0.327 e. The summed E-state index contributed by atoms with van der Waals surface area (Å²) in [6, 6.07) is 4.27. The van der Waals surface area contributed by atoms with Crippen LogP contribution >= 0.6 is 11.6 Å². The van der Waals surface area contributed by atoms with Crippen molar-refractivity contribution in [2.75, 3.05) is 0 Å². The Hall–Kier alpha value is -0.930. The molecule has 2 nitrogen and oxygen atoms in total. The molecule has 4 heteroatoms. The lowest BCUT2D eigenvalue weighted by Gasteiger charge is -2.14. The predicted molar refractivity (Wildman–Crippen MR) is 67.6 cm³/mol. The van der Waals surface area contributed by atoms with Crippen LogP contribution in [0.2, 0.25) is 5.02 Å². The zero-order valence-electron chi connectivity index (χ0n) is 10.0. The third-order valence-corrected chi connectivity index (χ3v) is 3.01. The smallest absolute Gasteiger partial charge is 0.142 e. The summed E-state index contributed by atoms with van der Waals surface area (Å²) < 4.78 is 13.2. The van der Waals surface area contributed by atoms with Crippen molar-refractivity contribution in [3.05, 3.63) is 34.6 Å². The van der Waals surface area contributed by atoms with E-state index in [4.69, 9.17) is 17.3 Å². The normalized spacial score (nSPS) is 12.8. The summed E-state index contributed by atoms with van der Waals surface area (Å²) in [5.74, 6) is -0.209. The largest absolute Gasteiger partial charge is 0.327 e. The highest BCUT2D eigenvalue weighted by atomic mass is 35.5. The fourth-order valence-corrected chi connectivity index (χ4v) is 1.57. The molecule has 0 aliphatic heterocycles. The van der Waals surface area contributed by atoms with Gasteiger partial charge in [-0.25, -0.2) is 4.39 Å². The molecule has 0 saturated heterocycles. The first-order valence-electron chi connectivity index (χ1n) is 5.61. The van der Waals surface area contributed by atoms with E-state index < -0.39 is 5.82 Å². The minimum absolute atomic E-state index is 0.0212. The lowest BCUT2D eigenvalue weighted by atomic mass is 9.97. The Morgan fingerprint density at radius 1 is 1.47 bits per heavy atom. The van der Waals surface area contributed by atoms with E-state index in [-0.39, 0.29) is 29.2 Å². The molecule has 0 spiro atoms. The number of carbonyl (C=O) groups excluding carboxylic acids is 1. The zero-order valence-corrected chi connectivity index (χ0v) is 10.8. The van der Waals surface area contributed by atoms with Crippen molar-refractivity contribution in [1.29, 1.82) is 0 Å². The quantitative estimate of drug-likeness (QED) is 0.881. The first-order valence-corrected chi connectivity index (χ1v) is 5.99. The molecule has 0 radical (unpaired) electrons. The van der Waals surface area contributed by atoms with Gasteiger partial charge >= 0.3 is 0 Å². The highest BCUT2D eigenvalue weighted by Crippen LogP contribution is 2.16. The van der Waals surface area contributed by atoms with E-state index in [9.17, 15) is 9.18 Å². The second-order valence-electron chi connectivity index (χ2n) is 4.58. The van der Waals surface area contributed by atoms with Gasteiger partial charge in [-0.15, -0.1) is 0 Å². The Morgan fingerprint density at radius 2 is 2.12 bits per heavy atom. The second kappa shape index (κ2) is 6.12. The zero-order chi connectivity index (χ0) is 13.0. The molecule has 0 amide bonds. The van der Waals surface area contributed by atoms with Crippen LogP contribution in [-0.2, 0) is 11.2 Å². The Bertz CT molecular complexity index is 406. The average Bonchev–Trinajstić information content (AvgIpc) is 2.23. The average molecular weight is 258 g/mol. The maximum Gasteiger partial charge on any atom is 0.142 e. The maximum absolute atomic E-state index is 13.2. The van der Waals surface area contributed by atoms with Gasteiger partial charge in [-0.05, 0) is 23.6 Å². The number of hydrogen-bond donors (Lipinski definition) is 1. The standard InChI is InChI=1S/C13H17ClFNO/c1-8(2)13(16)7-10(17)5-9-3-4-11(14)12(15)6-9/h3-4,6,8,13H,5,7,16H2,1-2H3. The van der Waals surface area contributed by atoms with Crippen LogP contribution in [0.5, 0.6) is 0 Å². The summed E-state index contributed by atoms with van der Waals surface area (Å²) in [6.45, 7) is 3.94. The van der Waals surface area contributed by atoms with Crippen molar-refractivity contribution in [2.24, 2.45) is 11.7 Å². The second-order valence-corrected chi connectivity index (χ2v) is 4.98. The molecular formula is C13H17ClFNO. The van der Waals surface area contributed by atoms with Crippen LogP contribution in [0.25, 0.3) is 0 Å². The van der Waals surface area contributed by atoms with Gasteiger partial charge in [0.15, 0.2) is 0 Å². The van der Waals surface area contributed by atoms with Crippen molar-refractivity contribution < 1.29 is 9.18 Å². The van der Waals surface area contributed by atoms with Crippen LogP contribution in [-0.4, -0.2) is 11.8 Å². The van der Waals surface area contributed by atoms with Crippen LogP contribution in [0.15, 0.2) is 18.2 Å². The van der Waals surface area contributed by atoms with Gasteiger partial charge in [-0.1, -0.05) is 31.5 Å². The summed E-state index contributed by atoms with van der Waals surface area (Å²) in [7, 11) is 0. The Balaban J connectivity index is 2.59. The third kappa shape index (κ3) is 4.44. The number of Topliss-reactive ketones (excluding diaryl/α,β-unsaturated/α-hetero) is 1. The number of benzene rings is 1. The van der Waals surface area contributed by atoms with Crippen LogP contribution < -0.4 is 5.73 Å². The number of hydrogen-bond acceptors (Lipinski definition) is 2. The summed E-state index contributed by atoms with van der Waals surface area (Å²) in [5.41, 5.74) is 6.44. The molecule has 1 aromatic carbocycles. The van der Waals surface area contributed by atoms with E-state index in [1.807, 2.05) is 13.8 Å². The maximum atomic E-state index is 13.2. The predicted octanol–water partition coefficient (Wildman–Crippen LogP) is 2.96. The molecule has 17 heavy (non-hydrogen) atoms. The lowest BCUT2D eigenvalue weighted by molar-refractivity contribution is -0.118. The van der Waals surface area contributed by atoms with Gasteiger partial charge in [0, 0.05) is 18.9 Å². The van der Waals surface area contributed by atoms with E-state index in [1.54, 1.807) is 6.07 Å². The van der Waals surface area contributed by atoms with E-state index in [0.717, 1.165) is 0 Å². The highest BCUT2D eigenvalue weighted by Gasteiger charge is 2.13. The molecule has 0 aromatic heterocycles. The van der Waals surface area contributed by atoms with Crippen molar-refractivity contribution in [3.63, 3.8) is 0 Å². The molecule has 0 bridgehead atoms. The first kappa shape index (κ1) is 14.1. The van der Waals surface area contributed by atoms with E-state index >= 15 is 0 Å². The molecule has 0 fully saturated rings. The number of carbonyl (C=O) groups is 1. The van der Waals surface area contributed by atoms with E-state index in [1.165, 1.54) is 12.1 Å². The summed E-state index contributed by atoms with van der Waals surface area (Å²) in [4.78, 5) is 11.7. The number of halogens is 2. The Morgan fingerprint density at radius 3 is 2.65 bits per heavy atom. The molecule has 0 aliphatic rings. The van der Waals surface area contributed by atoms with E-state index in [2.05, 4.69) is 0 Å². The van der Waals surface area contributed by atoms with Gasteiger partial charge in [0.25, 0.3) is 0 Å². The third-order valence-electron chi connectivity index (χ3n) is 2.70. The molecule has 1 rings (SSSR count). The molecule has 94 valence electrons. The van der Waals surface area contributed by atoms with E-state index in [0.29, 0.717) is 12.0 Å². The number of nitrogens with two attached hydrogens (primary N) is 1. The van der Waals surface area contributed by atoms with Gasteiger partial charge in [-0.2, -0.15) is 0 Å². The first-order chi connectivity index (χ1) is 7.90. The Labute approximate surface area is 106 Å². The highest BCUT2D eigenvalue weighted by molar-refractivity contribution is 6.30. The molecular weight excluding hydrogens is 241 g/mol. The van der Waals surface area contributed by atoms with Crippen molar-refractivity contribution in [2.45, 2.75) is 32.7 Å². The monoisotopic (exact) mass is 257 g/mol. The van der Waals surface area contributed by atoms with Crippen LogP contribution in [0, 0.1) is 11.7 Å². The molecule has 0 saturated carbocycles. The fourth-order valence-electron chi connectivity index (χ4n) is 1.45. The summed E-state index contributed by atoms with van der Waals surface area (Å²) in [5, 5.41) is 0.0695. The van der Waals surface area contributed by atoms with Gasteiger partial charge in [-0.3, -0.25) is 4.79 Å². The Kier molecular flexibility index (Phi) is 5.09. The van der Waals surface area contributed by atoms with Gasteiger partial charge in [0.1, 0.15) is 11.6 Å². The van der Waals surface area contributed by atoms with Crippen molar-refractivity contribution in [1.82, 2.24) is 0 Å². The number of ketones is 1. The van der Waals surface area contributed by atoms with Crippen LogP contribution in [0.1, 0.15) is 25.8 Å². The summed E-state index contributed by atoms with van der Waals surface area (Å²) >= 11 is 5.56. The summed E-state index contributed by atoms with van der Waals surface area (Å²) in [6.07, 6.45) is 0.524. The molecule has 1 atom stereocenters. The SMILES string of the molecule is CC(C)C(N)CC(=O)Cc1ccc(Cl)c(F)c1. The van der Waals surface area contributed by atoms with Gasteiger partial charge in [0.05, 0.1) is 5.02 Å². The fraction of sp³-hybridized carbons (Fsp3) is 0.462. The lowest BCUT2D eigenvalue weighted by Crippen LogP contribution is -2.29. The molecule has 1 unspecified atom stereocenters. The van der Waals surface area contributed by atoms with Gasteiger partial charge in [0.2, 0.25) is 0 Å². The number of rotatable bonds is 5. The molecule has 2 N–H and O–H groups in total.